The van der Waals surface area contributed by atoms with Crippen molar-refractivity contribution in [1.29, 1.82) is 0 Å². The number of methoxy groups -OCH3 is 1. The third-order valence-electron chi connectivity index (χ3n) is 5.06. The summed E-state index contributed by atoms with van der Waals surface area (Å²) in [5.41, 5.74) is 4.34. The average Bonchev–Trinajstić information content (AvgIpc) is 3.33. The Hall–Kier alpha value is -2.98. The Labute approximate surface area is 177 Å². The smallest absolute Gasteiger partial charge is 0.408 e. The van der Waals surface area contributed by atoms with Gasteiger partial charge in [0.2, 0.25) is 5.91 Å². The molecule has 1 aromatic heterocycles. The lowest BCUT2D eigenvalue weighted by Gasteiger charge is -2.24. The van der Waals surface area contributed by atoms with Crippen LogP contribution in [0.2, 0.25) is 0 Å². The second kappa shape index (κ2) is 9.23. The van der Waals surface area contributed by atoms with Gasteiger partial charge in [-0.15, -0.1) is 11.3 Å². The van der Waals surface area contributed by atoms with Gasteiger partial charge in [0.05, 0.1) is 48.3 Å². The minimum absolute atomic E-state index is 0.00662. The van der Waals surface area contributed by atoms with Crippen LogP contribution < -0.4 is 5.32 Å². The van der Waals surface area contributed by atoms with Crippen molar-refractivity contribution >= 4 is 29.3 Å². The van der Waals surface area contributed by atoms with Gasteiger partial charge < -0.3 is 20.3 Å². The molecule has 1 unspecified atom stereocenters. The number of rotatable bonds is 6. The Balaban J connectivity index is 1.81. The number of carbonyl (C=O) groups is 3. The number of hydrogen-bond acceptors (Lipinski definition) is 7. The maximum Gasteiger partial charge on any atom is 0.408 e. The molecule has 30 heavy (non-hydrogen) atoms. The second-order valence-electron chi connectivity index (χ2n) is 7.07. The molecule has 0 saturated carbocycles. The van der Waals surface area contributed by atoms with Gasteiger partial charge in [0.1, 0.15) is 6.04 Å². The summed E-state index contributed by atoms with van der Waals surface area (Å²) in [7, 11) is 1.26. The summed E-state index contributed by atoms with van der Waals surface area (Å²) < 4.78 is 4.74. The molecule has 1 saturated heterocycles. The van der Waals surface area contributed by atoms with Gasteiger partial charge in [0, 0.05) is 6.42 Å². The van der Waals surface area contributed by atoms with Gasteiger partial charge >= 0.3 is 12.1 Å². The third-order valence-corrected chi connectivity index (χ3v) is 6.04. The van der Waals surface area contributed by atoms with Crippen LogP contribution in [0.5, 0.6) is 0 Å². The van der Waals surface area contributed by atoms with E-state index in [1.54, 1.807) is 17.6 Å². The first kappa shape index (κ1) is 21.7. The molecule has 0 bridgehead atoms. The van der Waals surface area contributed by atoms with E-state index >= 15 is 0 Å². The van der Waals surface area contributed by atoms with Gasteiger partial charge in [-0.3, -0.25) is 14.5 Å². The highest BCUT2D eigenvalue weighted by Crippen LogP contribution is 2.29. The van der Waals surface area contributed by atoms with Crippen LogP contribution in [0.4, 0.5) is 4.79 Å². The number of aromatic nitrogens is 1. The summed E-state index contributed by atoms with van der Waals surface area (Å²) in [6.45, 7) is 1.79. The van der Waals surface area contributed by atoms with Crippen molar-refractivity contribution in [2.75, 3.05) is 13.7 Å². The number of β-amino-alcohol motifs (C(OH)–C–C–N with tert-alkyl or cyclic N) is 1. The topological polar surface area (TPSA) is 129 Å². The third kappa shape index (κ3) is 4.77. The monoisotopic (exact) mass is 433 g/mol. The quantitative estimate of drug-likeness (QED) is 0.594. The van der Waals surface area contributed by atoms with E-state index < -0.39 is 36.2 Å². The second-order valence-corrected chi connectivity index (χ2v) is 7.93. The minimum Gasteiger partial charge on any atom is -0.469 e. The molecule has 1 aliphatic rings. The molecule has 2 aromatic rings. The summed E-state index contributed by atoms with van der Waals surface area (Å²) in [4.78, 5) is 42.2. The standard InChI is InChI=1S/C20H23N3O6S/c1-11-18(30-10-21-11)13-5-3-12(4-6-13)15(8-17(25)29-2)22-19(26)16-7-14(24)9-23(16)20(27)28/h3-6,10,14-16,24H,7-9H2,1-2H3,(H,22,26)(H,27,28)/t14-,15?,16+/m1/s1. The first-order valence-corrected chi connectivity index (χ1v) is 10.2. The Morgan fingerprint density at radius 2 is 2.03 bits per heavy atom. The lowest BCUT2D eigenvalue weighted by atomic mass is 10.0. The number of aliphatic hydroxyl groups excluding tert-OH is 1. The number of aliphatic hydroxyl groups is 1. The largest absolute Gasteiger partial charge is 0.469 e. The minimum atomic E-state index is -1.28. The van der Waals surface area contributed by atoms with E-state index in [2.05, 4.69) is 10.3 Å². The van der Waals surface area contributed by atoms with Crippen molar-refractivity contribution in [2.45, 2.75) is 38.0 Å². The molecule has 3 N–H and O–H groups in total. The SMILES string of the molecule is COC(=O)CC(NC(=O)[C@@H]1C[C@@H](O)CN1C(=O)O)c1ccc(-c2scnc2C)cc1. The van der Waals surface area contributed by atoms with E-state index in [-0.39, 0.29) is 19.4 Å². The van der Waals surface area contributed by atoms with Crippen molar-refractivity contribution in [2.24, 2.45) is 0 Å². The van der Waals surface area contributed by atoms with Crippen LogP contribution in [0.1, 0.15) is 30.1 Å². The van der Waals surface area contributed by atoms with Crippen LogP contribution in [0.15, 0.2) is 29.8 Å². The van der Waals surface area contributed by atoms with Crippen molar-refractivity contribution < 1.29 is 29.3 Å². The van der Waals surface area contributed by atoms with Crippen molar-refractivity contribution in [1.82, 2.24) is 15.2 Å². The summed E-state index contributed by atoms with van der Waals surface area (Å²) in [6, 6.07) is 5.66. The maximum atomic E-state index is 12.8. The summed E-state index contributed by atoms with van der Waals surface area (Å²) >= 11 is 1.52. The van der Waals surface area contributed by atoms with Crippen LogP contribution in [-0.2, 0) is 14.3 Å². The highest BCUT2D eigenvalue weighted by molar-refractivity contribution is 7.13. The molecule has 0 aliphatic carbocycles. The van der Waals surface area contributed by atoms with Crippen LogP contribution in [0.25, 0.3) is 10.4 Å². The molecule has 2 amide bonds. The number of carbonyl (C=O) groups excluding carboxylic acids is 2. The first-order valence-electron chi connectivity index (χ1n) is 9.35. The Bertz CT molecular complexity index is 929. The summed E-state index contributed by atoms with van der Waals surface area (Å²) in [5.74, 6) is -1.07. The van der Waals surface area contributed by atoms with Gasteiger partial charge in [-0.05, 0) is 18.1 Å². The van der Waals surface area contributed by atoms with E-state index in [0.29, 0.717) is 5.56 Å². The fourth-order valence-corrected chi connectivity index (χ4v) is 4.30. The van der Waals surface area contributed by atoms with Crippen LogP contribution in [-0.4, -0.2) is 63.9 Å². The fourth-order valence-electron chi connectivity index (χ4n) is 3.49. The number of amides is 2. The number of ether oxygens (including phenoxy) is 1. The number of hydrogen-bond donors (Lipinski definition) is 3. The van der Waals surface area contributed by atoms with E-state index in [9.17, 15) is 24.6 Å². The summed E-state index contributed by atoms with van der Waals surface area (Å²) in [5, 5.41) is 21.8. The number of thiazole rings is 1. The number of nitrogens with zero attached hydrogens (tertiary/aromatic N) is 2. The predicted octanol–water partition coefficient (Wildman–Crippen LogP) is 1.95. The molecule has 3 atom stereocenters. The molecule has 9 nitrogen and oxygen atoms in total. The molecular weight excluding hydrogens is 410 g/mol. The van der Waals surface area contributed by atoms with Gasteiger partial charge in [0.15, 0.2) is 0 Å². The molecule has 1 aliphatic heterocycles. The molecule has 0 spiro atoms. The predicted molar refractivity (Wildman–Crippen MR) is 109 cm³/mol. The van der Waals surface area contributed by atoms with Crippen molar-refractivity contribution in [3.8, 4) is 10.4 Å². The average molecular weight is 433 g/mol. The zero-order chi connectivity index (χ0) is 21.8. The number of aryl methyl sites for hydroxylation is 1. The van der Waals surface area contributed by atoms with Crippen molar-refractivity contribution in [3.63, 3.8) is 0 Å². The Morgan fingerprint density at radius 1 is 1.33 bits per heavy atom. The van der Waals surface area contributed by atoms with E-state index in [1.807, 2.05) is 19.1 Å². The lowest BCUT2D eigenvalue weighted by molar-refractivity contribution is -0.141. The van der Waals surface area contributed by atoms with Crippen LogP contribution in [0.3, 0.4) is 0 Å². The Kier molecular flexibility index (Phi) is 6.68. The van der Waals surface area contributed by atoms with Crippen LogP contribution >= 0.6 is 11.3 Å². The summed E-state index contributed by atoms with van der Waals surface area (Å²) in [6.07, 6.45) is -2.28. The molecule has 0 radical (unpaired) electrons. The molecule has 1 aromatic carbocycles. The van der Waals surface area contributed by atoms with Gasteiger partial charge in [-0.1, -0.05) is 24.3 Å². The highest BCUT2D eigenvalue weighted by Gasteiger charge is 2.39. The highest BCUT2D eigenvalue weighted by atomic mass is 32.1. The number of carboxylic acid groups (broad SMARTS) is 1. The van der Waals surface area contributed by atoms with E-state index in [0.717, 1.165) is 21.0 Å². The lowest BCUT2D eigenvalue weighted by Crippen LogP contribution is -2.46. The van der Waals surface area contributed by atoms with Gasteiger partial charge in [-0.2, -0.15) is 0 Å². The maximum absolute atomic E-state index is 12.8. The van der Waals surface area contributed by atoms with E-state index in [1.165, 1.54) is 18.4 Å². The van der Waals surface area contributed by atoms with Gasteiger partial charge in [-0.25, -0.2) is 9.78 Å². The first-order chi connectivity index (χ1) is 14.3. The Morgan fingerprint density at radius 3 is 2.60 bits per heavy atom. The zero-order valence-electron chi connectivity index (χ0n) is 16.6. The number of benzene rings is 1. The van der Waals surface area contributed by atoms with E-state index in [4.69, 9.17) is 4.74 Å². The zero-order valence-corrected chi connectivity index (χ0v) is 17.4. The molecule has 10 heteroatoms. The molecular formula is C20H23N3O6S. The number of likely N-dealkylation sites (tertiary alicyclic amines) is 1. The molecule has 3 rings (SSSR count). The fraction of sp³-hybridized carbons (Fsp3) is 0.400. The molecule has 160 valence electrons. The van der Waals surface area contributed by atoms with Crippen molar-refractivity contribution in [3.05, 3.63) is 41.0 Å². The normalized spacial score (nSPS) is 19.4. The van der Waals surface area contributed by atoms with Crippen LogP contribution in [0, 0.1) is 6.92 Å². The number of nitrogens with one attached hydrogen (secondary N) is 1. The van der Waals surface area contributed by atoms with Gasteiger partial charge in [0.25, 0.3) is 0 Å². The molecule has 2 heterocycles. The number of esters is 1. The molecule has 1 fully saturated rings.